The lowest BCUT2D eigenvalue weighted by Crippen LogP contribution is -2.59. The first-order chi connectivity index (χ1) is 14.6. The maximum absolute atomic E-state index is 11.6. The smallest absolute Gasteiger partial charge is 0.290 e. The number of piperidine rings is 1. The fraction of sp³-hybridized carbons (Fsp3) is 0.700. The Hall–Kier alpha value is -1.53. The molecule has 0 radical (unpaired) electrons. The van der Waals surface area contributed by atoms with E-state index in [-0.39, 0.29) is 30.3 Å². The van der Waals surface area contributed by atoms with Crippen molar-refractivity contribution in [1.82, 2.24) is 9.80 Å². The molecule has 2 N–H and O–H groups in total. The van der Waals surface area contributed by atoms with Crippen molar-refractivity contribution in [3.63, 3.8) is 0 Å². The first-order valence-electron chi connectivity index (χ1n) is 10.1. The Kier molecular flexibility index (Phi) is 11.6. The number of aryl methyl sites for hydroxylation is 1. The molecule has 178 valence electrons. The Bertz CT molecular complexity index is 768. The van der Waals surface area contributed by atoms with Crippen LogP contribution in [0, 0.1) is 6.92 Å². The summed E-state index contributed by atoms with van der Waals surface area (Å²) in [6.07, 6.45) is 3.38. The highest BCUT2D eigenvalue weighted by Gasteiger charge is 2.41. The molecule has 2 aliphatic heterocycles. The number of hydrogen-bond donors (Lipinski definition) is 2. The van der Waals surface area contributed by atoms with Crippen molar-refractivity contribution < 1.29 is 33.0 Å². The van der Waals surface area contributed by atoms with E-state index in [2.05, 4.69) is 28.9 Å². The van der Waals surface area contributed by atoms with Crippen LogP contribution in [-0.4, -0.2) is 97.8 Å². The lowest BCUT2D eigenvalue weighted by molar-refractivity contribution is -0.141. The molecular weight excluding hydrogens is 444 g/mol. The number of rotatable bonds is 5. The van der Waals surface area contributed by atoms with Gasteiger partial charge in [-0.15, -0.1) is 11.3 Å². The Morgan fingerprint density at radius 3 is 2.26 bits per heavy atom. The number of nitrogens with zero attached hydrogens (tertiary/aromatic N) is 2. The van der Waals surface area contributed by atoms with Gasteiger partial charge in [-0.25, -0.2) is 8.42 Å². The topological polar surface area (TPSA) is 124 Å². The molecule has 2 saturated heterocycles. The maximum atomic E-state index is 11.6. The number of carbonyl (C=O) groups is 2. The summed E-state index contributed by atoms with van der Waals surface area (Å²) in [6, 6.07) is 4.48. The third-order valence-corrected chi connectivity index (χ3v) is 7.46. The summed E-state index contributed by atoms with van der Waals surface area (Å²) >= 11 is 1.88. The van der Waals surface area contributed by atoms with Gasteiger partial charge in [0, 0.05) is 54.8 Å². The van der Waals surface area contributed by atoms with Gasteiger partial charge in [0.15, 0.2) is 0 Å². The van der Waals surface area contributed by atoms with E-state index in [1.54, 1.807) is 0 Å². The Morgan fingerprint density at radius 2 is 1.77 bits per heavy atom. The molecule has 2 aliphatic rings. The number of carboxylic acid groups (broad SMARTS) is 2. The molecule has 31 heavy (non-hydrogen) atoms. The normalized spacial score (nSPS) is 20.0. The largest absolute Gasteiger partial charge is 0.483 e. The van der Waals surface area contributed by atoms with Crippen molar-refractivity contribution in [2.75, 3.05) is 44.8 Å². The monoisotopic (exact) mass is 478 g/mol. The van der Waals surface area contributed by atoms with Crippen LogP contribution in [0.1, 0.15) is 29.5 Å². The minimum Gasteiger partial charge on any atom is -0.483 e. The molecule has 0 amide bonds. The van der Waals surface area contributed by atoms with Gasteiger partial charge >= 0.3 is 0 Å². The van der Waals surface area contributed by atoms with E-state index in [0.717, 1.165) is 45.6 Å². The molecular formula is C20H34N2O7S2. The van der Waals surface area contributed by atoms with E-state index in [1.165, 1.54) is 16.0 Å². The zero-order valence-electron chi connectivity index (χ0n) is 18.4. The summed E-state index contributed by atoms with van der Waals surface area (Å²) < 4.78 is 29.4. The highest BCUT2D eigenvalue weighted by atomic mass is 32.2. The van der Waals surface area contributed by atoms with Gasteiger partial charge in [-0.1, -0.05) is 0 Å². The fourth-order valence-corrected chi connectivity index (χ4v) is 6.03. The second kappa shape index (κ2) is 13.1. The van der Waals surface area contributed by atoms with E-state index in [9.17, 15) is 8.42 Å². The summed E-state index contributed by atoms with van der Waals surface area (Å²) in [5.74, 6) is 0.229. The van der Waals surface area contributed by atoms with Gasteiger partial charge in [0.1, 0.15) is 9.84 Å². The molecule has 11 heteroatoms. The van der Waals surface area contributed by atoms with Crippen LogP contribution in [0.2, 0.25) is 0 Å². The van der Waals surface area contributed by atoms with Crippen LogP contribution >= 0.6 is 11.3 Å². The molecule has 0 bridgehead atoms. The third-order valence-electron chi connectivity index (χ3n) is 5.39. The molecule has 1 atom stereocenters. The predicted octanol–water partition coefficient (Wildman–Crippen LogP) is 1.56. The second-order valence-electron chi connectivity index (χ2n) is 7.94. The van der Waals surface area contributed by atoms with E-state index in [1.807, 2.05) is 18.3 Å². The summed E-state index contributed by atoms with van der Waals surface area (Å²) in [7, 11) is -2.95. The van der Waals surface area contributed by atoms with Crippen molar-refractivity contribution in [3.05, 3.63) is 21.9 Å². The average Bonchev–Trinajstić information content (AvgIpc) is 3.09. The highest BCUT2D eigenvalue weighted by molar-refractivity contribution is 7.90. The van der Waals surface area contributed by atoms with Crippen LogP contribution in [0.4, 0.5) is 0 Å². The van der Waals surface area contributed by atoms with Gasteiger partial charge in [0.05, 0.1) is 18.0 Å². The summed E-state index contributed by atoms with van der Waals surface area (Å²) in [4.78, 5) is 24.3. The summed E-state index contributed by atoms with van der Waals surface area (Å²) in [6.45, 7) is 9.19. The average molecular weight is 479 g/mol. The number of morpholine rings is 1. The molecule has 1 aromatic rings. The molecule has 0 aromatic carbocycles. The molecule has 1 spiro atoms. The highest BCUT2D eigenvalue weighted by Crippen LogP contribution is 2.32. The van der Waals surface area contributed by atoms with Gasteiger partial charge in [0.2, 0.25) is 0 Å². The van der Waals surface area contributed by atoms with Gasteiger partial charge in [-0.2, -0.15) is 0 Å². The first kappa shape index (κ1) is 27.5. The van der Waals surface area contributed by atoms with E-state index in [0.29, 0.717) is 6.61 Å². The number of thiophene rings is 1. The van der Waals surface area contributed by atoms with Crippen LogP contribution in [-0.2, 0) is 30.7 Å². The quantitative estimate of drug-likeness (QED) is 0.607. The van der Waals surface area contributed by atoms with Crippen molar-refractivity contribution >= 4 is 34.1 Å². The molecule has 1 unspecified atom stereocenters. The zero-order chi connectivity index (χ0) is 23.5. The van der Waals surface area contributed by atoms with Crippen LogP contribution < -0.4 is 0 Å². The van der Waals surface area contributed by atoms with Crippen molar-refractivity contribution in [2.45, 2.75) is 44.9 Å². The van der Waals surface area contributed by atoms with E-state index in [4.69, 9.17) is 24.5 Å². The van der Waals surface area contributed by atoms with Crippen molar-refractivity contribution in [3.8, 4) is 0 Å². The SMILES string of the molecule is Cc1ccc(CN2CCC3(CC2)CN(C(C)CS(C)(=O)=O)CCO3)s1.O=CO.O=CO. The van der Waals surface area contributed by atoms with Crippen molar-refractivity contribution in [1.29, 1.82) is 0 Å². The molecule has 3 rings (SSSR count). The van der Waals surface area contributed by atoms with Crippen LogP contribution in [0.25, 0.3) is 0 Å². The summed E-state index contributed by atoms with van der Waals surface area (Å²) in [5, 5.41) is 13.8. The molecule has 9 nitrogen and oxygen atoms in total. The lowest BCUT2D eigenvalue weighted by atomic mass is 9.89. The molecule has 0 saturated carbocycles. The Morgan fingerprint density at radius 1 is 1.19 bits per heavy atom. The van der Waals surface area contributed by atoms with E-state index < -0.39 is 9.84 Å². The standard InChI is InChI=1S/C18H30N2O3S2.2CH2O2/c1-15(13-25(3,21)22)20-10-11-23-18(14-20)6-8-19(9-7-18)12-17-5-4-16(2)24-17;2*2-1-3/h4-5,15H,6-14H2,1-3H3;2*1H,(H,2,3). The zero-order valence-corrected chi connectivity index (χ0v) is 20.0. The minimum absolute atomic E-state index is 0.0582. The lowest BCUT2D eigenvalue weighted by Gasteiger charge is -2.48. The Labute approximate surface area is 188 Å². The van der Waals surface area contributed by atoms with Crippen molar-refractivity contribution in [2.24, 2.45) is 0 Å². The van der Waals surface area contributed by atoms with Gasteiger partial charge in [-0.05, 0) is 38.8 Å². The minimum atomic E-state index is -2.95. The van der Waals surface area contributed by atoms with Crippen LogP contribution in [0.5, 0.6) is 0 Å². The molecule has 1 aromatic heterocycles. The van der Waals surface area contributed by atoms with E-state index >= 15 is 0 Å². The van der Waals surface area contributed by atoms with Crippen LogP contribution in [0.3, 0.4) is 0 Å². The first-order valence-corrected chi connectivity index (χ1v) is 12.9. The third kappa shape index (κ3) is 10.1. The number of hydrogen-bond acceptors (Lipinski definition) is 8. The molecule has 2 fully saturated rings. The number of likely N-dealkylation sites (tertiary alicyclic amines) is 1. The Balaban J connectivity index is 0.000000720. The number of ether oxygens (including phenoxy) is 1. The number of sulfone groups is 1. The van der Waals surface area contributed by atoms with Gasteiger partial charge in [-0.3, -0.25) is 19.4 Å². The summed E-state index contributed by atoms with van der Waals surface area (Å²) in [5.41, 5.74) is -0.0914. The van der Waals surface area contributed by atoms with Gasteiger partial charge in [0.25, 0.3) is 12.9 Å². The fourth-order valence-electron chi connectivity index (χ4n) is 4.01. The molecule has 3 heterocycles. The van der Waals surface area contributed by atoms with Gasteiger partial charge < -0.3 is 14.9 Å². The maximum Gasteiger partial charge on any atom is 0.290 e. The predicted molar refractivity (Wildman–Crippen MR) is 120 cm³/mol. The second-order valence-corrected chi connectivity index (χ2v) is 11.5. The van der Waals surface area contributed by atoms with Crippen LogP contribution in [0.15, 0.2) is 12.1 Å². The molecule has 0 aliphatic carbocycles.